The maximum Gasteiger partial charge on any atom is 0.0480 e. The van der Waals surface area contributed by atoms with Crippen LogP contribution in [0.2, 0.25) is 0 Å². The van der Waals surface area contributed by atoms with Gasteiger partial charge in [0, 0.05) is 19.3 Å². The van der Waals surface area contributed by atoms with E-state index in [1.54, 1.807) is 0 Å². The zero-order valence-electron chi connectivity index (χ0n) is 7.60. The molecule has 0 spiro atoms. The Morgan fingerprint density at radius 3 is 2.73 bits per heavy atom. The Kier molecular flexibility index (Phi) is 3.87. The van der Waals surface area contributed by atoms with Crippen molar-refractivity contribution in [1.82, 2.24) is 5.32 Å². The Morgan fingerprint density at radius 2 is 2.27 bits per heavy atom. The molecule has 0 saturated heterocycles. The second-order valence-corrected chi connectivity index (χ2v) is 3.22. The molecule has 0 radical (unpaired) electrons. The van der Waals surface area contributed by atoms with E-state index in [4.69, 9.17) is 4.74 Å². The Balaban J connectivity index is 2.01. The maximum atomic E-state index is 5.30. The molecule has 0 heterocycles. The summed E-state index contributed by atoms with van der Waals surface area (Å²) < 4.78 is 5.30. The number of rotatable bonds is 6. The largest absolute Gasteiger partial charge is 0.382 e. The van der Waals surface area contributed by atoms with Crippen molar-refractivity contribution < 1.29 is 4.74 Å². The van der Waals surface area contributed by atoms with Gasteiger partial charge in [-0.1, -0.05) is 0 Å². The van der Waals surface area contributed by atoms with Gasteiger partial charge in [0.2, 0.25) is 0 Å². The van der Waals surface area contributed by atoms with Gasteiger partial charge in [-0.25, -0.2) is 0 Å². The zero-order chi connectivity index (χ0) is 8.10. The van der Waals surface area contributed by atoms with E-state index in [1.807, 2.05) is 6.92 Å². The number of hydrogen-bond acceptors (Lipinski definition) is 2. The molecule has 1 fully saturated rings. The molecule has 0 aromatic rings. The highest BCUT2D eigenvalue weighted by molar-refractivity contribution is 4.85. The summed E-state index contributed by atoms with van der Waals surface area (Å²) in [5.41, 5.74) is 0. The van der Waals surface area contributed by atoms with Crippen molar-refractivity contribution in [1.29, 1.82) is 0 Å². The highest BCUT2D eigenvalue weighted by Gasteiger charge is 2.29. The SMILES string of the molecule is CCOCCC(NC)C1CC1. The Hall–Kier alpha value is -0.0800. The molecule has 66 valence electrons. The molecule has 1 unspecified atom stereocenters. The first kappa shape index (κ1) is 9.01. The number of hydrogen-bond donors (Lipinski definition) is 1. The second-order valence-electron chi connectivity index (χ2n) is 3.22. The van der Waals surface area contributed by atoms with Crippen LogP contribution in [0.5, 0.6) is 0 Å². The zero-order valence-corrected chi connectivity index (χ0v) is 7.60. The summed E-state index contributed by atoms with van der Waals surface area (Å²) in [6.07, 6.45) is 4.00. The first-order valence-electron chi connectivity index (χ1n) is 4.63. The normalized spacial score (nSPS) is 20.2. The van der Waals surface area contributed by atoms with Gasteiger partial charge in [0.15, 0.2) is 0 Å². The summed E-state index contributed by atoms with van der Waals surface area (Å²) in [5, 5.41) is 3.34. The van der Waals surface area contributed by atoms with Crippen LogP contribution in [-0.2, 0) is 4.74 Å². The van der Waals surface area contributed by atoms with E-state index in [0.717, 1.165) is 19.1 Å². The van der Waals surface area contributed by atoms with Gasteiger partial charge in [-0.05, 0) is 39.2 Å². The average molecular weight is 157 g/mol. The lowest BCUT2D eigenvalue weighted by molar-refractivity contribution is 0.135. The predicted molar refractivity (Wildman–Crippen MR) is 46.7 cm³/mol. The highest BCUT2D eigenvalue weighted by atomic mass is 16.5. The second kappa shape index (κ2) is 4.73. The molecular weight excluding hydrogens is 138 g/mol. The van der Waals surface area contributed by atoms with Crippen molar-refractivity contribution in [3.8, 4) is 0 Å². The lowest BCUT2D eigenvalue weighted by atomic mass is 10.1. The van der Waals surface area contributed by atoms with Gasteiger partial charge >= 0.3 is 0 Å². The molecule has 1 aliphatic rings. The van der Waals surface area contributed by atoms with Crippen molar-refractivity contribution >= 4 is 0 Å². The Bertz CT molecular complexity index is 102. The third-order valence-corrected chi connectivity index (χ3v) is 2.34. The monoisotopic (exact) mass is 157 g/mol. The van der Waals surface area contributed by atoms with Gasteiger partial charge in [0.1, 0.15) is 0 Å². The quantitative estimate of drug-likeness (QED) is 0.589. The van der Waals surface area contributed by atoms with Crippen LogP contribution in [0.4, 0.5) is 0 Å². The van der Waals surface area contributed by atoms with Crippen LogP contribution in [0.3, 0.4) is 0 Å². The third-order valence-electron chi connectivity index (χ3n) is 2.34. The molecule has 1 rings (SSSR count). The van der Waals surface area contributed by atoms with Gasteiger partial charge in [-0.15, -0.1) is 0 Å². The minimum absolute atomic E-state index is 0.710. The predicted octanol–water partition coefficient (Wildman–Crippen LogP) is 1.41. The van der Waals surface area contributed by atoms with Gasteiger partial charge in [-0.3, -0.25) is 0 Å². The van der Waals surface area contributed by atoms with Crippen LogP contribution < -0.4 is 5.32 Å². The van der Waals surface area contributed by atoms with Crippen LogP contribution >= 0.6 is 0 Å². The molecular formula is C9H19NO. The molecule has 0 aromatic carbocycles. The van der Waals surface area contributed by atoms with Gasteiger partial charge in [-0.2, -0.15) is 0 Å². The lowest BCUT2D eigenvalue weighted by Crippen LogP contribution is -2.28. The van der Waals surface area contributed by atoms with E-state index < -0.39 is 0 Å². The molecule has 0 aliphatic heterocycles. The fraction of sp³-hybridized carbons (Fsp3) is 1.00. The van der Waals surface area contributed by atoms with E-state index in [-0.39, 0.29) is 0 Å². The van der Waals surface area contributed by atoms with Crippen molar-refractivity contribution in [2.24, 2.45) is 5.92 Å². The molecule has 11 heavy (non-hydrogen) atoms. The van der Waals surface area contributed by atoms with Crippen molar-refractivity contribution in [3.05, 3.63) is 0 Å². The van der Waals surface area contributed by atoms with Crippen LogP contribution in [-0.4, -0.2) is 26.3 Å². The molecule has 0 bridgehead atoms. The van der Waals surface area contributed by atoms with Crippen LogP contribution in [0.25, 0.3) is 0 Å². The average Bonchev–Trinajstić information content (AvgIpc) is 2.81. The Labute approximate surface area is 69.3 Å². The molecule has 2 nitrogen and oxygen atoms in total. The summed E-state index contributed by atoms with van der Waals surface area (Å²) in [4.78, 5) is 0. The van der Waals surface area contributed by atoms with Crippen LogP contribution in [0.1, 0.15) is 26.2 Å². The van der Waals surface area contributed by atoms with Crippen molar-refractivity contribution in [2.45, 2.75) is 32.2 Å². The van der Waals surface area contributed by atoms with E-state index in [2.05, 4.69) is 12.4 Å². The summed E-state index contributed by atoms with van der Waals surface area (Å²) >= 11 is 0. The smallest absolute Gasteiger partial charge is 0.0480 e. The third kappa shape index (κ3) is 3.21. The van der Waals surface area contributed by atoms with Crippen LogP contribution in [0.15, 0.2) is 0 Å². The fourth-order valence-corrected chi connectivity index (χ4v) is 1.47. The molecule has 0 amide bonds. The standard InChI is InChI=1S/C9H19NO/c1-3-11-7-6-9(10-2)8-4-5-8/h8-10H,3-7H2,1-2H3. The van der Waals surface area contributed by atoms with E-state index in [9.17, 15) is 0 Å². The van der Waals surface area contributed by atoms with E-state index in [0.29, 0.717) is 6.04 Å². The summed E-state index contributed by atoms with van der Waals surface area (Å²) in [6, 6.07) is 0.710. The molecule has 0 aromatic heterocycles. The highest BCUT2D eigenvalue weighted by Crippen LogP contribution is 2.33. The number of nitrogens with one attached hydrogen (secondary N) is 1. The molecule has 1 saturated carbocycles. The van der Waals surface area contributed by atoms with Gasteiger partial charge in [0.05, 0.1) is 0 Å². The minimum Gasteiger partial charge on any atom is -0.382 e. The number of ether oxygens (including phenoxy) is 1. The summed E-state index contributed by atoms with van der Waals surface area (Å²) in [5.74, 6) is 0.945. The maximum absolute atomic E-state index is 5.30. The van der Waals surface area contributed by atoms with Crippen molar-refractivity contribution in [2.75, 3.05) is 20.3 Å². The summed E-state index contributed by atoms with van der Waals surface area (Å²) in [6.45, 7) is 3.81. The van der Waals surface area contributed by atoms with Crippen LogP contribution in [0, 0.1) is 5.92 Å². The first-order chi connectivity index (χ1) is 5.38. The van der Waals surface area contributed by atoms with E-state index in [1.165, 1.54) is 19.3 Å². The summed E-state index contributed by atoms with van der Waals surface area (Å²) in [7, 11) is 2.05. The van der Waals surface area contributed by atoms with Crippen molar-refractivity contribution in [3.63, 3.8) is 0 Å². The molecule has 1 atom stereocenters. The molecule has 1 aliphatic carbocycles. The molecule has 2 heteroatoms. The molecule has 1 N–H and O–H groups in total. The Morgan fingerprint density at radius 1 is 1.55 bits per heavy atom. The minimum atomic E-state index is 0.710. The fourth-order valence-electron chi connectivity index (χ4n) is 1.47. The van der Waals surface area contributed by atoms with Gasteiger partial charge < -0.3 is 10.1 Å². The topological polar surface area (TPSA) is 21.3 Å². The van der Waals surface area contributed by atoms with E-state index >= 15 is 0 Å². The lowest BCUT2D eigenvalue weighted by Gasteiger charge is -2.14. The first-order valence-corrected chi connectivity index (χ1v) is 4.63. The van der Waals surface area contributed by atoms with Gasteiger partial charge in [0.25, 0.3) is 0 Å².